The summed E-state index contributed by atoms with van der Waals surface area (Å²) in [7, 11) is -2.48. The van der Waals surface area contributed by atoms with Crippen LogP contribution in [0, 0.1) is 0 Å². The van der Waals surface area contributed by atoms with Crippen LogP contribution in [0.25, 0.3) is 0 Å². The Hall–Kier alpha value is -1.89. The van der Waals surface area contributed by atoms with E-state index in [1.165, 1.54) is 6.92 Å². The van der Waals surface area contributed by atoms with E-state index >= 15 is 0 Å². The summed E-state index contributed by atoms with van der Waals surface area (Å²) in [6, 6.07) is 7.40. The zero-order chi connectivity index (χ0) is 16.8. The first kappa shape index (κ1) is 18.2. The molecule has 0 aliphatic carbocycles. The fourth-order valence-electron chi connectivity index (χ4n) is 1.62. The number of carbonyl (C=O) groups is 2. The molecule has 0 aliphatic heterocycles. The van der Waals surface area contributed by atoms with Gasteiger partial charge in [0, 0.05) is 7.11 Å². The Morgan fingerprint density at radius 2 is 1.86 bits per heavy atom. The van der Waals surface area contributed by atoms with Gasteiger partial charge >= 0.3 is 19.8 Å². The molecule has 1 aromatic rings. The van der Waals surface area contributed by atoms with E-state index in [1.54, 1.807) is 30.3 Å². The smallest absolute Gasteiger partial charge is 0.438 e. The Balaban J connectivity index is 2.89. The molecule has 1 amide bonds. The maximum Gasteiger partial charge on any atom is 0.438 e. The van der Waals surface area contributed by atoms with Crippen molar-refractivity contribution in [3.63, 3.8) is 0 Å². The van der Waals surface area contributed by atoms with Crippen LogP contribution < -0.4 is 0 Å². The lowest BCUT2D eigenvalue weighted by molar-refractivity contribution is -0.144. The van der Waals surface area contributed by atoms with Crippen molar-refractivity contribution in [1.82, 2.24) is 4.67 Å². The molecular formula is C13H18NO7P. The molecule has 0 heterocycles. The van der Waals surface area contributed by atoms with Crippen LogP contribution in [0.4, 0.5) is 4.79 Å². The minimum atomic E-state index is -4.53. The van der Waals surface area contributed by atoms with Gasteiger partial charge in [0.05, 0.1) is 7.11 Å². The molecule has 9 heteroatoms. The molecule has 0 aromatic heterocycles. The number of amides is 1. The van der Waals surface area contributed by atoms with E-state index in [2.05, 4.69) is 9.26 Å². The molecule has 2 atom stereocenters. The number of nitrogens with zero attached hydrogens (tertiary/aromatic N) is 1. The van der Waals surface area contributed by atoms with Crippen LogP contribution in [0.5, 0.6) is 0 Å². The average Bonchev–Trinajstić information content (AvgIpc) is 2.52. The molecule has 22 heavy (non-hydrogen) atoms. The first-order valence-corrected chi connectivity index (χ1v) is 7.83. The quantitative estimate of drug-likeness (QED) is 0.627. The molecule has 0 spiro atoms. The number of rotatable bonds is 6. The molecule has 1 N–H and O–H groups in total. The average molecular weight is 331 g/mol. The molecule has 1 aromatic carbocycles. The lowest BCUT2D eigenvalue weighted by Gasteiger charge is -2.28. The van der Waals surface area contributed by atoms with Crippen LogP contribution in [0.3, 0.4) is 0 Å². The number of esters is 1. The summed E-state index contributed by atoms with van der Waals surface area (Å²) in [6.07, 6.45) is -1.16. The molecule has 0 saturated carbocycles. The second kappa shape index (κ2) is 7.93. The monoisotopic (exact) mass is 331 g/mol. The van der Waals surface area contributed by atoms with E-state index < -0.39 is 25.9 Å². The Bertz CT molecular complexity index is 563. The van der Waals surface area contributed by atoms with E-state index in [9.17, 15) is 19.0 Å². The van der Waals surface area contributed by atoms with Gasteiger partial charge in [0.1, 0.15) is 12.6 Å². The zero-order valence-corrected chi connectivity index (χ0v) is 13.4. The fourth-order valence-corrected chi connectivity index (χ4v) is 2.60. The highest BCUT2D eigenvalue weighted by molar-refractivity contribution is 7.51. The molecular weight excluding hydrogens is 313 g/mol. The number of hydrogen-bond acceptors (Lipinski definition) is 6. The fraction of sp³-hybridized carbons (Fsp3) is 0.385. The van der Waals surface area contributed by atoms with Gasteiger partial charge in [-0.1, -0.05) is 30.3 Å². The van der Waals surface area contributed by atoms with E-state index in [1.807, 2.05) is 0 Å². The molecule has 1 rings (SSSR count). The van der Waals surface area contributed by atoms with Crippen molar-refractivity contribution < 1.29 is 33.0 Å². The Morgan fingerprint density at radius 3 is 2.36 bits per heavy atom. The van der Waals surface area contributed by atoms with E-state index in [0.717, 1.165) is 14.2 Å². The highest BCUT2D eigenvalue weighted by atomic mass is 31.2. The van der Waals surface area contributed by atoms with Gasteiger partial charge in [-0.05, 0) is 12.5 Å². The maximum absolute atomic E-state index is 12.1. The summed E-state index contributed by atoms with van der Waals surface area (Å²) in [5, 5.41) is 0. The first-order valence-electron chi connectivity index (χ1n) is 6.30. The molecule has 0 radical (unpaired) electrons. The van der Waals surface area contributed by atoms with Gasteiger partial charge in [-0.2, -0.15) is 4.67 Å². The first-order chi connectivity index (χ1) is 10.3. The van der Waals surface area contributed by atoms with Crippen molar-refractivity contribution in [1.29, 1.82) is 0 Å². The molecule has 0 fully saturated rings. The van der Waals surface area contributed by atoms with Gasteiger partial charge in [0.15, 0.2) is 0 Å². The molecule has 0 bridgehead atoms. The number of hydrogen-bond donors (Lipinski definition) is 1. The van der Waals surface area contributed by atoms with Gasteiger partial charge in [0.25, 0.3) is 0 Å². The van der Waals surface area contributed by atoms with Crippen molar-refractivity contribution >= 4 is 19.8 Å². The Labute approximate surface area is 128 Å². The predicted octanol–water partition coefficient (Wildman–Crippen LogP) is 1.93. The molecule has 122 valence electrons. The predicted molar refractivity (Wildman–Crippen MR) is 76.8 cm³/mol. The Morgan fingerprint density at radius 1 is 1.27 bits per heavy atom. The van der Waals surface area contributed by atoms with Crippen molar-refractivity contribution in [3.05, 3.63) is 35.9 Å². The second-order valence-electron chi connectivity index (χ2n) is 4.26. The topological polar surface area (TPSA) is 102 Å². The number of benzene rings is 1. The SMILES string of the molecule is COC(=O)[C@H](C)N(C(=O)OCc1ccccc1)P(=O)(O)OC. The molecule has 0 saturated heterocycles. The van der Waals surface area contributed by atoms with Crippen molar-refractivity contribution in [2.75, 3.05) is 14.2 Å². The summed E-state index contributed by atoms with van der Waals surface area (Å²) in [5.74, 6) is -0.872. The molecule has 8 nitrogen and oxygen atoms in total. The van der Waals surface area contributed by atoms with E-state index in [-0.39, 0.29) is 6.61 Å². The second-order valence-corrected chi connectivity index (χ2v) is 6.03. The highest BCUT2D eigenvalue weighted by Crippen LogP contribution is 2.47. The largest absolute Gasteiger partial charge is 0.467 e. The minimum absolute atomic E-state index is 0.117. The summed E-state index contributed by atoms with van der Waals surface area (Å²) < 4.78 is 26.1. The van der Waals surface area contributed by atoms with Gasteiger partial charge in [-0.3, -0.25) is 4.52 Å². The Kier molecular flexibility index (Phi) is 6.55. The van der Waals surface area contributed by atoms with Crippen LogP contribution in [0.15, 0.2) is 30.3 Å². The third-order valence-electron chi connectivity index (χ3n) is 2.81. The van der Waals surface area contributed by atoms with Crippen molar-refractivity contribution in [2.45, 2.75) is 19.6 Å². The summed E-state index contributed by atoms with van der Waals surface area (Å²) >= 11 is 0. The summed E-state index contributed by atoms with van der Waals surface area (Å²) in [4.78, 5) is 33.3. The van der Waals surface area contributed by atoms with Gasteiger partial charge in [-0.15, -0.1) is 0 Å². The minimum Gasteiger partial charge on any atom is -0.467 e. The lowest BCUT2D eigenvalue weighted by atomic mass is 10.2. The third kappa shape index (κ3) is 4.56. The molecule has 1 unspecified atom stereocenters. The third-order valence-corrected chi connectivity index (χ3v) is 4.34. The summed E-state index contributed by atoms with van der Waals surface area (Å²) in [6.45, 7) is 1.12. The van der Waals surface area contributed by atoms with Crippen LogP contribution in [-0.2, 0) is 30.0 Å². The van der Waals surface area contributed by atoms with Crippen molar-refractivity contribution in [3.8, 4) is 0 Å². The van der Waals surface area contributed by atoms with Gasteiger partial charge < -0.3 is 14.4 Å². The molecule has 0 aliphatic rings. The van der Waals surface area contributed by atoms with Crippen LogP contribution in [0.2, 0.25) is 0 Å². The number of carbonyl (C=O) groups excluding carboxylic acids is 2. The highest BCUT2D eigenvalue weighted by Gasteiger charge is 2.42. The summed E-state index contributed by atoms with van der Waals surface area (Å²) in [5.41, 5.74) is 0.687. The maximum atomic E-state index is 12.1. The number of methoxy groups -OCH3 is 1. The van der Waals surface area contributed by atoms with Crippen LogP contribution in [0.1, 0.15) is 12.5 Å². The van der Waals surface area contributed by atoms with Crippen LogP contribution in [-0.4, -0.2) is 41.9 Å². The normalized spacial score (nSPS) is 14.5. The standard InChI is InChI=1S/C13H18NO7P/c1-10(12(15)19-2)14(22(17,18)20-3)13(16)21-9-11-7-5-4-6-8-11/h4-8,10H,9H2,1-3H3,(H,17,18)/t10-/m0/s1. The van der Waals surface area contributed by atoms with E-state index in [4.69, 9.17) is 4.74 Å². The number of ether oxygens (including phenoxy) is 2. The van der Waals surface area contributed by atoms with Crippen molar-refractivity contribution in [2.24, 2.45) is 0 Å². The van der Waals surface area contributed by atoms with Gasteiger partial charge in [-0.25, -0.2) is 14.2 Å². The van der Waals surface area contributed by atoms with Gasteiger partial charge in [0.2, 0.25) is 0 Å². The van der Waals surface area contributed by atoms with E-state index in [0.29, 0.717) is 10.2 Å². The van der Waals surface area contributed by atoms with Crippen LogP contribution >= 0.6 is 7.75 Å². The zero-order valence-electron chi connectivity index (χ0n) is 12.5. The lowest BCUT2D eigenvalue weighted by Crippen LogP contribution is -2.42.